The third-order valence-electron chi connectivity index (χ3n) is 3.81. The van der Waals surface area contributed by atoms with Crippen LogP contribution in [-0.4, -0.2) is 39.3 Å². The largest absolute Gasteiger partial charge is 0.361 e. The lowest BCUT2D eigenvalue weighted by molar-refractivity contribution is -0.131. The van der Waals surface area contributed by atoms with E-state index in [0.717, 1.165) is 31.6 Å². The number of rotatable bonds is 3. The van der Waals surface area contributed by atoms with Crippen LogP contribution in [0.3, 0.4) is 0 Å². The average Bonchev–Trinajstić information content (AvgIpc) is 3.11. The van der Waals surface area contributed by atoms with E-state index in [1.807, 2.05) is 24.0 Å². The van der Waals surface area contributed by atoms with Gasteiger partial charge in [-0.3, -0.25) is 9.89 Å². The van der Waals surface area contributed by atoms with Crippen LogP contribution in [0.15, 0.2) is 22.9 Å². The zero-order chi connectivity index (χ0) is 13.9. The molecule has 2 aromatic heterocycles. The van der Waals surface area contributed by atoms with Crippen molar-refractivity contribution >= 4 is 5.91 Å². The Bertz CT molecular complexity index is 568. The predicted octanol–water partition coefficient (Wildman–Crippen LogP) is 1.65. The Hall–Kier alpha value is -2.11. The molecule has 6 heteroatoms. The van der Waals surface area contributed by atoms with Crippen molar-refractivity contribution in [1.82, 2.24) is 20.3 Å². The van der Waals surface area contributed by atoms with Gasteiger partial charge in [-0.15, -0.1) is 0 Å². The van der Waals surface area contributed by atoms with E-state index in [1.165, 1.54) is 5.69 Å². The summed E-state index contributed by atoms with van der Waals surface area (Å²) in [4.78, 5) is 14.1. The topological polar surface area (TPSA) is 75.0 Å². The quantitative estimate of drug-likeness (QED) is 0.923. The van der Waals surface area contributed by atoms with Crippen molar-refractivity contribution in [3.8, 4) is 0 Å². The predicted molar refractivity (Wildman–Crippen MR) is 72.1 cm³/mol. The summed E-state index contributed by atoms with van der Waals surface area (Å²) in [6.45, 7) is 3.43. The van der Waals surface area contributed by atoms with E-state index in [4.69, 9.17) is 4.52 Å². The molecule has 0 spiro atoms. The highest BCUT2D eigenvalue weighted by Gasteiger charge is 2.25. The molecule has 1 aliphatic heterocycles. The molecule has 0 unspecified atom stereocenters. The van der Waals surface area contributed by atoms with Gasteiger partial charge in [0.15, 0.2) is 0 Å². The highest BCUT2D eigenvalue weighted by molar-refractivity contribution is 5.78. The van der Waals surface area contributed by atoms with Crippen LogP contribution >= 0.6 is 0 Å². The molecule has 6 nitrogen and oxygen atoms in total. The number of amides is 1. The SMILES string of the molecule is Cc1cc(CC(=O)N2CCC(c3ccn[nH]3)CC2)on1. The molecule has 1 saturated heterocycles. The molecule has 0 bridgehead atoms. The highest BCUT2D eigenvalue weighted by atomic mass is 16.5. The van der Waals surface area contributed by atoms with Gasteiger partial charge in [0.25, 0.3) is 0 Å². The van der Waals surface area contributed by atoms with Crippen LogP contribution in [0.4, 0.5) is 0 Å². The molecule has 1 aliphatic rings. The van der Waals surface area contributed by atoms with E-state index < -0.39 is 0 Å². The fourth-order valence-electron chi connectivity index (χ4n) is 2.69. The van der Waals surface area contributed by atoms with Crippen molar-refractivity contribution in [2.24, 2.45) is 0 Å². The molecule has 1 fully saturated rings. The molecule has 0 aromatic carbocycles. The van der Waals surface area contributed by atoms with E-state index in [1.54, 1.807) is 6.20 Å². The Morgan fingerprint density at radius 3 is 2.90 bits per heavy atom. The maximum atomic E-state index is 12.2. The normalized spacial score (nSPS) is 16.6. The Morgan fingerprint density at radius 1 is 1.50 bits per heavy atom. The Balaban J connectivity index is 1.54. The number of nitrogens with one attached hydrogen (secondary N) is 1. The maximum Gasteiger partial charge on any atom is 0.230 e. The molecule has 0 aliphatic carbocycles. The second-order valence-corrected chi connectivity index (χ2v) is 5.28. The first-order chi connectivity index (χ1) is 9.72. The zero-order valence-electron chi connectivity index (χ0n) is 11.5. The Labute approximate surface area is 117 Å². The van der Waals surface area contributed by atoms with Gasteiger partial charge in [0.2, 0.25) is 5.91 Å². The van der Waals surface area contributed by atoms with Crippen LogP contribution < -0.4 is 0 Å². The molecule has 1 N–H and O–H groups in total. The second kappa shape index (κ2) is 5.48. The minimum Gasteiger partial charge on any atom is -0.361 e. The second-order valence-electron chi connectivity index (χ2n) is 5.28. The third kappa shape index (κ3) is 2.74. The van der Waals surface area contributed by atoms with Crippen LogP contribution in [0.5, 0.6) is 0 Å². The van der Waals surface area contributed by atoms with Crippen LogP contribution in [-0.2, 0) is 11.2 Å². The lowest BCUT2D eigenvalue weighted by atomic mass is 9.93. The molecular weight excluding hydrogens is 256 g/mol. The monoisotopic (exact) mass is 274 g/mol. The number of aryl methyl sites for hydroxylation is 1. The van der Waals surface area contributed by atoms with Crippen LogP contribution in [0.1, 0.15) is 35.9 Å². The zero-order valence-corrected chi connectivity index (χ0v) is 11.5. The molecule has 3 heterocycles. The number of nitrogens with zero attached hydrogens (tertiary/aromatic N) is 3. The maximum absolute atomic E-state index is 12.2. The number of H-pyrrole nitrogens is 1. The highest BCUT2D eigenvalue weighted by Crippen LogP contribution is 2.26. The van der Waals surface area contributed by atoms with Gasteiger partial charge in [-0.05, 0) is 25.8 Å². The number of hydrogen-bond donors (Lipinski definition) is 1. The fraction of sp³-hybridized carbons (Fsp3) is 0.500. The first-order valence-corrected chi connectivity index (χ1v) is 6.91. The first-order valence-electron chi connectivity index (χ1n) is 6.91. The smallest absolute Gasteiger partial charge is 0.230 e. The van der Waals surface area contributed by atoms with Crippen molar-refractivity contribution in [3.05, 3.63) is 35.5 Å². The molecule has 3 rings (SSSR count). The minimum absolute atomic E-state index is 0.115. The van der Waals surface area contributed by atoms with Gasteiger partial charge in [-0.1, -0.05) is 5.16 Å². The minimum atomic E-state index is 0.115. The average molecular weight is 274 g/mol. The summed E-state index contributed by atoms with van der Waals surface area (Å²) in [5.74, 6) is 1.24. The number of likely N-dealkylation sites (tertiary alicyclic amines) is 1. The van der Waals surface area contributed by atoms with Crippen molar-refractivity contribution in [3.63, 3.8) is 0 Å². The summed E-state index contributed by atoms with van der Waals surface area (Å²) in [5, 5.41) is 10.8. The number of aromatic nitrogens is 3. The van der Waals surface area contributed by atoms with E-state index in [-0.39, 0.29) is 5.91 Å². The van der Waals surface area contributed by atoms with Gasteiger partial charge in [-0.25, -0.2) is 0 Å². The molecular formula is C14H18N4O2. The van der Waals surface area contributed by atoms with Gasteiger partial charge in [0.05, 0.1) is 12.1 Å². The fourth-order valence-corrected chi connectivity index (χ4v) is 2.69. The Kier molecular flexibility index (Phi) is 3.54. The first kappa shape index (κ1) is 12.9. The summed E-state index contributed by atoms with van der Waals surface area (Å²) in [7, 11) is 0. The summed E-state index contributed by atoms with van der Waals surface area (Å²) < 4.78 is 5.10. The number of hydrogen-bond acceptors (Lipinski definition) is 4. The van der Waals surface area contributed by atoms with Crippen molar-refractivity contribution in [1.29, 1.82) is 0 Å². The van der Waals surface area contributed by atoms with Gasteiger partial charge >= 0.3 is 0 Å². The summed E-state index contributed by atoms with van der Waals surface area (Å²) >= 11 is 0. The number of piperidine rings is 1. The summed E-state index contributed by atoms with van der Waals surface area (Å²) in [6.07, 6.45) is 4.03. The molecule has 1 amide bonds. The number of aromatic amines is 1. The number of carbonyl (C=O) groups excluding carboxylic acids is 1. The van der Waals surface area contributed by atoms with Gasteiger partial charge < -0.3 is 9.42 Å². The third-order valence-corrected chi connectivity index (χ3v) is 3.81. The molecule has 2 aromatic rings. The van der Waals surface area contributed by atoms with Gasteiger partial charge in [0, 0.05) is 37.0 Å². The Morgan fingerprint density at radius 2 is 2.30 bits per heavy atom. The molecule has 20 heavy (non-hydrogen) atoms. The van der Waals surface area contributed by atoms with E-state index >= 15 is 0 Å². The molecule has 106 valence electrons. The van der Waals surface area contributed by atoms with Crippen LogP contribution in [0, 0.1) is 6.92 Å². The number of carbonyl (C=O) groups is 1. The van der Waals surface area contributed by atoms with Gasteiger partial charge in [0.1, 0.15) is 5.76 Å². The standard InChI is InChI=1S/C14H18N4O2/c1-10-8-12(20-17-10)9-14(19)18-6-3-11(4-7-18)13-2-5-15-16-13/h2,5,8,11H,3-4,6-7,9H2,1H3,(H,15,16). The van der Waals surface area contributed by atoms with E-state index in [2.05, 4.69) is 15.4 Å². The molecule has 0 atom stereocenters. The lowest BCUT2D eigenvalue weighted by Crippen LogP contribution is -2.38. The van der Waals surface area contributed by atoms with Crippen molar-refractivity contribution in [2.75, 3.05) is 13.1 Å². The van der Waals surface area contributed by atoms with Crippen LogP contribution in [0.2, 0.25) is 0 Å². The van der Waals surface area contributed by atoms with Crippen molar-refractivity contribution in [2.45, 2.75) is 32.1 Å². The molecule has 0 radical (unpaired) electrons. The van der Waals surface area contributed by atoms with Gasteiger partial charge in [-0.2, -0.15) is 5.10 Å². The summed E-state index contributed by atoms with van der Waals surface area (Å²) in [6, 6.07) is 3.83. The van der Waals surface area contributed by atoms with E-state index in [9.17, 15) is 4.79 Å². The molecule has 0 saturated carbocycles. The van der Waals surface area contributed by atoms with E-state index in [0.29, 0.717) is 18.1 Å². The van der Waals surface area contributed by atoms with Crippen molar-refractivity contribution < 1.29 is 9.32 Å². The summed E-state index contributed by atoms with van der Waals surface area (Å²) in [5.41, 5.74) is 1.98. The lowest BCUT2D eigenvalue weighted by Gasteiger charge is -2.31. The van der Waals surface area contributed by atoms with Crippen LogP contribution in [0.25, 0.3) is 0 Å².